The summed E-state index contributed by atoms with van der Waals surface area (Å²) in [5.41, 5.74) is 6.25. The average molecular weight is 279 g/mol. The summed E-state index contributed by atoms with van der Waals surface area (Å²) in [5.74, 6) is 0.757. The highest BCUT2D eigenvalue weighted by Gasteiger charge is 2.13. The van der Waals surface area contributed by atoms with Crippen molar-refractivity contribution in [2.45, 2.75) is 11.8 Å². The molecule has 0 aliphatic heterocycles. The average Bonchev–Trinajstić information content (AvgIpc) is 2.88. The van der Waals surface area contributed by atoms with Gasteiger partial charge in [-0.3, -0.25) is 4.79 Å². The van der Waals surface area contributed by atoms with Crippen molar-refractivity contribution < 1.29 is 14.4 Å². The number of nitrogens with two attached hydrogens (primary N) is 1. The van der Waals surface area contributed by atoms with Crippen molar-refractivity contribution in [1.29, 1.82) is 0 Å². The Bertz CT molecular complexity index is 544. The van der Waals surface area contributed by atoms with E-state index >= 15 is 0 Å². The number of rotatable bonds is 6. The summed E-state index contributed by atoms with van der Waals surface area (Å²) in [7, 11) is 0. The lowest BCUT2D eigenvalue weighted by molar-refractivity contribution is -0.137. The van der Waals surface area contributed by atoms with Gasteiger partial charge in [0.15, 0.2) is 5.82 Å². The molecule has 19 heavy (non-hydrogen) atoms. The lowest BCUT2D eigenvalue weighted by Crippen LogP contribution is -2.32. The summed E-state index contributed by atoms with van der Waals surface area (Å²) in [6.07, 6.45) is 0. The van der Waals surface area contributed by atoms with Crippen molar-refractivity contribution in [3.63, 3.8) is 0 Å². The third kappa shape index (κ3) is 3.80. The number of hydrogen-bond acceptors (Lipinski definition) is 6. The maximum atomic E-state index is 10.5. The molecule has 0 fully saturated rings. The molecule has 1 aromatic heterocycles. The largest absolute Gasteiger partial charge is 0.480 e. The van der Waals surface area contributed by atoms with Gasteiger partial charge in [0.2, 0.25) is 0 Å². The number of carboxylic acid groups (broad SMARTS) is 1. The van der Waals surface area contributed by atoms with Gasteiger partial charge in [-0.1, -0.05) is 23.4 Å². The van der Waals surface area contributed by atoms with E-state index in [2.05, 4.69) is 10.1 Å². The van der Waals surface area contributed by atoms with E-state index in [9.17, 15) is 4.79 Å². The lowest BCUT2D eigenvalue weighted by Gasteiger charge is -2.03. The van der Waals surface area contributed by atoms with Gasteiger partial charge in [-0.25, -0.2) is 0 Å². The molecule has 100 valence electrons. The van der Waals surface area contributed by atoms with Gasteiger partial charge in [-0.05, 0) is 12.1 Å². The molecular weight excluding hydrogens is 266 g/mol. The molecule has 1 atom stereocenters. The highest BCUT2D eigenvalue weighted by Crippen LogP contribution is 2.18. The fourth-order valence-electron chi connectivity index (χ4n) is 1.36. The van der Waals surface area contributed by atoms with Crippen LogP contribution in [-0.4, -0.2) is 33.0 Å². The summed E-state index contributed by atoms with van der Waals surface area (Å²) in [4.78, 5) is 14.8. The molecule has 0 unspecified atom stereocenters. The molecule has 7 heteroatoms. The molecule has 0 aliphatic rings. The molecule has 0 saturated carbocycles. The van der Waals surface area contributed by atoms with E-state index in [4.69, 9.17) is 15.4 Å². The van der Waals surface area contributed by atoms with Crippen molar-refractivity contribution in [2.24, 2.45) is 5.73 Å². The number of nitrogens with zero attached hydrogens (tertiary/aromatic N) is 2. The van der Waals surface area contributed by atoms with Crippen molar-refractivity contribution in [3.8, 4) is 11.5 Å². The molecule has 2 rings (SSSR count). The predicted octanol–water partition coefficient (Wildman–Crippen LogP) is 1.38. The van der Waals surface area contributed by atoms with E-state index in [-0.39, 0.29) is 0 Å². The molecule has 1 heterocycles. The predicted molar refractivity (Wildman–Crippen MR) is 71.5 cm³/mol. The van der Waals surface area contributed by atoms with Crippen molar-refractivity contribution in [1.82, 2.24) is 10.1 Å². The fourth-order valence-corrected chi connectivity index (χ4v) is 2.17. The first-order valence-electron chi connectivity index (χ1n) is 5.61. The Morgan fingerprint density at radius 3 is 2.84 bits per heavy atom. The summed E-state index contributed by atoms with van der Waals surface area (Å²) in [6, 6.07) is 8.57. The Morgan fingerprint density at radius 2 is 2.16 bits per heavy atom. The number of aromatic nitrogens is 2. The summed E-state index contributed by atoms with van der Waals surface area (Å²) in [6.45, 7) is 0. The monoisotopic (exact) mass is 279 g/mol. The minimum atomic E-state index is -1.01. The van der Waals surface area contributed by atoms with Gasteiger partial charge in [0.05, 0.1) is 5.75 Å². The zero-order valence-corrected chi connectivity index (χ0v) is 10.8. The maximum absolute atomic E-state index is 10.5. The maximum Gasteiger partial charge on any atom is 0.321 e. The minimum absolute atomic E-state index is 0.310. The van der Waals surface area contributed by atoms with Gasteiger partial charge in [0, 0.05) is 11.3 Å². The number of thioether (sulfide) groups is 1. The first-order chi connectivity index (χ1) is 9.16. The molecule has 0 amide bonds. The molecule has 0 saturated heterocycles. The van der Waals surface area contributed by atoms with Crippen LogP contribution in [0.1, 0.15) is 5.82 Å². The minimum Gasteiger partial charge on any atom is -0.480 e. The van der Waals surface area contributed by atoms with Gasteiger partial charge >= 0.3 is 5.97 Å². The molecular formula is C12H13N3O3S. The molecule has 0 bridgehead atoms. The zero-order chi connectivity index (χ0) is 13.7. The van der Waals surface area contributed by atoms with Crippen molar-refractivity contribution in [3.05, 3.63) is 36.2 Å². The quantitative estimate of drug-likeness (QED) is 0.823. The van der Waals surface area contributed by atoms with Gasteiger partial charge in [-0.15, -0.1) is 0 Å². The fraction of sp³-hybridized carbons (Fsp3) is 0.250. The van der Waals surface area contributed by atoms with Gasteiger partial charge in [0.25, 0.3) is 5.89 Å². The van der Waals surface area contributed by atoms with E-state index in [0.29, 0.717) is 23.2 Å². The van der Waals surface area contributed by atoms with Crippen LogP contribution in [0.3, 0.4) is 0 Å². The van der Waals surface area contributed by atoms with Gasteiger partial charge in [0.1, 0.15) is 6.04 Å². The number of carbonyl (C=O) groups is 1. The van der Waals surface area contributed by atoms with Crippen LogP contribution in [-0.2, 0) is 10.5 Å². The topological polar surface area (TPSA) is 102 Å². The molecule has 0 aliphatic carbocycles. The Balaban J connectivity index is 1.90. The van der Waals surface area contributed by atoms with E-state index in [1.54, 1.807) is 0 Å². The number of aliphatic carboxylic acids is 1. The normalized spacial score (nSPS) is 12.3. The van der Waals surface area contributed by atoms with E-state index in [1.165, 1.54) is 11.8 Å². The van der Waals surface area contributed by atoms with E-state index < -0.39 is 12.0 Å². The highest BCUT2D eigenvalue weighted by molar-refractivity contribution is 7.98. The second kappa shape index (κ2) is 6.35. The Morgan fingerprint density at radius 1 is 1.42 bits per heavy atom. The van der Waals surface area contributed by atoms with Crippen LogP contribution in [0.4, 0.5) is 0 Å². The van der Waals surface area contributed by atoms with Crippen LogP contribution in [0.25, 0.3) is 11.5 Å². The number of benzene rings is 1. The van der Waals surface area contributed by atoms with E-state index in [1.807, 2.05) is 30.3 Å². The number of hydrogen-bond donors (Lipinski definition) is 2. The standard InChI is InChI=1S/C12H13N3O3S/c13-9(12(16)17)6-19-7-10-14-11(18-15-10)8-4-2-1-3-5-8/h1-5,9H,6-7,13H2,(H,16,17)/t9-/m1/s1. The number of carboxylic acids is 1. The van der Waals surface area contributed by atoms with Crippen LogP contribution < -0.4 is 5.73 Å². The van der Waals surface area contributed by atoms with Crippen molar-refractivity contribution in [2.75, 3.05) is 5.75 Å². The SMILES string of the molecule is N[C@H](CSCc1noc(-c2ccccc2)n1)C(=O)O. The highest BCUT2D eigenvalue weighted by atomic mass is 32.2. The molecule has 2 aromatic rings. The molecule has 0 radical (unpaired) electrons. The lowest BCUT2D eigenvalue weighted by atomic mass is 10.2. The Hall–Kier alpha value is -1.86. The zero-order valence-electron chi connectivity index (χ0n) is 10.0. The second-order valence-corrected chi connectivity index (χ2v) is 4.87. The Labute approximate surface area is 114 Å². The summed E-state index contributed by atoms with van der Waals surface area (Å²) in [5, 5.41) is 12.5. The first-order valence-corrected chi connectivity index (χ1v) is 6.76. The third-order valence-electron chi connectivity index (χ3n) is 2.33. The van der Waals surface area contributed by atoms with E-state index in [0.717, 1.165) is 5.56 Å². The molecule has 3 N–H and O–H groups in total. The van der Waals surface area contributed by atoms with Crippen LogP contribution in [0.5, 0.6) is 0 Å². The van der Waals surface area contributed by atoms with Crippen LogP contribution >= 0.6 is 11.8 Å². The van der Waals surface area contributed by atoms with Crippen LogP contribution in [0, 0.1) is 0 Å². The summed E-state index contributed by atoms with van der Waals surface area (Å²) >= 11 is 1.36. The second-order valence-electron chi connectivity index (χ2n) is 3.84. The van der Waals surface area contributed by atoms with Crippen LogP contribution in [0.2, 0.25) is 0 Å². The Kier molecular flexibility index (Phi) is 4.53. The van der Waals surface area contributed by atoms with Gasteiger partial charge < -0.3 is 15.4 Å². The molecule has 0 spiro atoms. The smallest absolute Gasteiger partial charge is 0.321 e. The van der Waals surface area contributed by atoms with Gasteiger partial charge in [-0.2, -0.15) is 16.7 Å². The molecule has 1 aromatic carbocycles. The van der Waals surface area contributed by atoms with Crippen LogP contribution in [0.15, 0.2) is 34.9 Å². The van der Waals surface area contributed by atoms with Crippen molar-refractivity contribution >= 4 is 17.7 Å². The molecule has 6 nitrogen and oxygen atoms in total. The first kappa shape index (κ1) is 13.6. The third-order valence-corrected chi connectivity index (χ3v) is 3.39. The summed E-state index contributed by atoms with van der Waals surface area (Å²) < 4.78 is 5.13.